The summed E-state index contributed by atoms with van der Waals surface area (Å²) >= 11 is 0. The first-order valence-corrected chi connectivity index (χ1v) is 5.44. The van der Waals surface area contributed by atoms with Crippen molar-refractivity contribution in [1.29, 1.82) is 0 Å². The molecule has 1 saturated heterocycles. The number of aryl methyl sites for hydroxylation is 2. The Hall–Kier alpha value is -0.860. The molecule has 0 radical (unpaired) electrons. The molecule has 0 aromatic heterocycles. The van der Waals surface area contributed by atoms with Crippen molar-refractivity contribution >= 4 is 0 Å². The van der Waals surface area contributed by atoms with Crippen LogP contribution in [0.25, 0.3) is 0 Å². The number of rotatable bonds is 3. The van der Waals surface area contributed by atoms with E-state index in [1.165, 1.54) is 16.7 Å². The van der Waals surface area contributed by atoms with Gasteiger partial charge in [-0.1, -0.05) is 23.8 Å². The highest BCUT2D eigenvalue weighted by atomic mass is 16.5. The Morgan fingerprint density at radius 1 is 1.33 bits per heavy atom. The van der Waals surface area contributed by atoms with Crippen LogP contribution in [0.2, 0.25) is 0 Å². The normalized spacial score (nSPS) is 18.6. The highest BCUT2D eigenvalue weighted by Gasteiger charge is 2.40. The minimum absolute atomic E-state index is 0.0743. The molecule has 2 nitrogen and oxygen atoms in total. The summed E-state index contributed by atoms with van der Waals surface area (Å²) in [6.45, 7) is 5.97. The quantitative estimate of drug-likeness (QED) is 0.819. The fraction of sp³-hybridized carbons (Fsp3) is 0.538. The van der Waals surface area contributed by atoms with Crippen molar-refractivity contribution in [3.63, 3.8) is 0 Å². The average Bonchev–Trinajstić information content (AvgIpc) is 2.16. The Kier molecular flexibility index (Phi) is 2.81. The summed E-state index contributed by atoms with van der Waals surface area (Å²) in [6.07, 6.45) is 0.803. The molecular formula is C13H18O2. The maximum atomic E-state index is 9.13. The predicted octanol–water partition coefficient (Wildman–Crippen LogP) is 1.95. The van der Waals surface area contributed by atoms with Crippen LogP contribution in [-0.4, -0.2) is 24.9 Å². The molecule has 0 unspecified atom stereocenters. The second kappa shape index (κ2) is 3.95. The fourth-order valence-corrected chi connectivity index (χ4v) is 2.30. The van der Waals surface area contributed by atoms with Crippen molar-refractivity contribution in [2.24, 2.45) is 0 Å². The second-order valence-electron chi connectivity index (χ2n) is 4.57. The number of benzene rings is 1. The number of aliphatic hydroxyl groups is 1. The van der Waals surface area contributed by atoms with Gasteiger partial charge in [-0.3, -0.25) is 0 Å². The third kappa shape index (κ3) is 1.80. The summed E-state index contributed by atoms with van der Waals surface area (Å²) in [5.41, 5.74) is 4.00. The molecule has 0 atom stereocenters. The average molecular weight is 206 g/mol. The first-order valence-electron chi connectivity index (χ1n) is 5.44. The lowest BCUT2D eigenvalue weighted by Gasteiger charge is -2.42. The van der Waals surface area contributed by atoms with Crippen LogP contribution in [0.15, 0.2) is 18.2 Å². The minimum atomic E-state index is 0.0743. The van der Waals surface area contributed by atoms with E-state index in [4.69, 9.17) is 9.84 Å². The van der Waals surface area contributed by atoms with E-state index in [0.29, 0.717) is 0 Å². The lowest BCUT2D eigenvalue weighted by molar-refractivity contribution is -0.0704. The minimum Gasteiger partial charge on any atom is -0.396 e. The highest BCUT2D eigenvalue weighted by Crippen LogP contribution is 2.37. The van der Waals surface area contributed by atoms with Crippen LogP contribution in [-0.2, 0) is 10.2 Å². The van der Waals surface area contributed by atoms with Gasteiger partial charge in [-0.2, -0.15) is 0 Å². The summed E-state index contributed by atoms with van der Waals surface area (Å²) in [6, 6.07) is 6.51. The van der Waals surface area contributed by atoms with Crippen molar-refractivity contribution in [3.05, 3.63) is 34.9 Å². The zero-order chi connectivity index (χ0) is 10.9. The Balaban J connectivity index is 2.37. The van der Waals surface area contributed by atoms with Crippen LogP contribution in [0.5, 0.6) is 0 Å². The topological polar surface area (TPSA) is 29.5 Å². The monoisotopic (exact) mass is 206 g/mol. The van der Waals surface area contributed by atoms with Crippen molar-refractivity contribution in [1.82, 2.24) is 0 Å². The molecule has 0 aliphatic carbocycles. The molecule has 15 heavy (non-hydrogen) atoms. The van der Waals surface area contributed by atoms with Crippen LogP contribution in [0, 0.1) is 13.8 Å². The lowest BCUT2D eigenvalue weighted by Crippen LogP contribution is -2.47. The molecule has 82 valence electrons. The third-order valence-electron chi connectivity index (χ3n) is 3.31. The smallest absolute Gasteiger partial charge is 0.0586 e. The van der Waals surface area contributed by atoms with E-state index < -0.39 is 0 Å². The molecule has 1 aromatic carbocycles. The van der Waals surface area contributed by atoms with Crippen LogP contribution < -0.4 is 0 Å². The van der Waals surface area contributed by atoms with Gasteiger partial charge >= 0.3 is 0 Å². The number of aliphatic hydroxyl groups excluding tert-OH is 1. The van der Waals surface area contributed by atoms with Crippen molar-refractivity contribution in [2.75, 3.05) is 19.8 Å². The molecule has 1 aliphatic heterocycles. The first-order chi connectivity index (χ1) is 7.18. The molecule has 2 rings (SSSR count). The molecule has 1 N–H and O–H groups in total. The van der Waals surface area contributed by atoms with Gasteiger partial charge in [-0.25, -0.2) is 0 Å². The largest absolute Gasteiger partial charge is 0.396 e. The van der Waals surface area contributed by atoms with Crippen LogP contribution in [0.4, 0.5) is 0 Å². The van der Waals surface area contributed by atoms with E-state index in [0.717, 1.165) is 19.6 Å². The van der Waals surface area contributed by atoms with Crippen molar-refractivity contribution < 1.29 is 9.84 Å². The van der Waals surface area contributed by atoms with Gasteiger partial charge in [-0.05, 0) is 31.4 Å². The van der Waals surface area contributed by atoms with Crippen LogP contribution >= 0.6 is 0 Å². The molecule has 2 heteroatoms. The second-order valence-corrected chi connectivity index (χ2v) is 4.57. The van der Waals surface area contributed by atoms with Gasteiger partial charge in [0.05, 0.1) is 13.2 Å². The van der Waals surface area contributed by atoms with Gasteiger partial charge in [0.1, 0.15) is 0 Å². The molecule has 1 aliphatic rings. The van der Waals surface area contributed by atoms with E-state index in [1.54, 1.807) is 0 Å². The first kappa shape index (κ1) is 10.7. The van der Waals surface area contributed by atoms with E-state index >= 15 is 0 Å². The third-order valence-corrected chi connectivity index (χ3v) is 3.31. The number of ether oxygens (including phenoxy) is 1. The van der Waals surface area contributed by atoms with Crippen molar-refractivity contribution in [3.8, 4) is 0 Å². The number of hydrogen-bond acceptors (Lipinski definition) is 2. The molecule has 0 bridgehead atoms. The Morgan fingerprint density at radius 3 is 2.60 bits per heavy atom. The summed E-state index contributed by atoms with van der Waals surface area (Å²) in [4.78, 5) is 0. The van der Waals surface area contributed by atoms with Gasteiger partial charge in [0, 0.05) is 12.0 Å². The fourth-order valence-electron chi connectivity index (χ4n) is 2.30. The maximum absolute atomic E-state index is 9.13. The Bertz CT molecular complexity index is 354. The highest BCUT2D eigenvalue weighted by molar-refractivity contribution is 5.38. The standard InChI is InChI=1S/C13H18O2/c1-10-3-4-11(2)12(7-10)13(5-6-14)8-15-9-13/h3-4,7,14H,5-6,8-9H2,1-2H3. The van der Waals surface area contributed by atoms with Gasteiger partial charge in [-0.15, -0.1) is 0 Å². The number of hydrogen-bond donors (Lipinski definition) is 1. The van der Waals surface area contributed by atoms with E-state index in [1.807, 2.05) is 0 Å². The molecule has 1 aromatic rings. The summed E-state index contributed by atoms with van der Waals surface area (Å²) < 4.78 is 5.33. The molecular weight excluding hydrogens is 188 g/mol. The summed E-state index contributed by atoms with van der Waals surface area (Å²) in [5.74, 6) is 0. The molecule has 0 spiro atoms. The van der Waals surface area contributed by atoms with Crippen molar-refractivity contribution in [2.45, 2.75) is 25.7 Å². The van der Waals surface area contributed by atoms with E-state index in [-0.39, 0.29) is 12.0 Å². The molecule has 0 amide bonds. The van der Waals surface area contributed by atoms with Crippen LogP contribution in [0.1, 0.15) is 23.1 Å². The lowest BCUT2D eigenvalue weighted by atomic mass is 9.74. The van der Waals surface area contributed by atoms with Gasteiger partial charge in [0.2, 0.25) is 0 Å². The van der Waals surface area contributed by atoms with Gasteiger partial charge < -0.3 is 9.84 Å². The summed E-state index contributed by atoms with van der Waals surface area (Å²) in [5, 5.41) is 9.13. The van der Waals surface area contributed by atoms with E-state index in [9.17, 15) is 0 Å². The van der Waals surface area contributed by atoms with Crippen LogP contribution in [0.3, 0.4) is 0 Å². The van der Waals surface area contributed by atoms with E-state index in [2.05, 4.69) is 32.0 Å². The maximum Gasteiger partial charge on any atom is 0.0586 e. The zero-order valence-corrected chi connectivity index (χ0v) is 9.42. The predicted molar refractivity (Wildman–Crippen MR) is 60.1 cm³/mol. The van der Waals surface area contributed by atoms with Gasteiger partial charge in [0.15, 0.2) is 0 Å². The molecule has 1 heterocycles. The van der Waals surface area contributed by atoms with Gasteiger partial charge in [0.25, 0.3) is 0 Å². The molecule has 1 fully saturated rings. The SMILES string of the molecule is Cc1ccc(C)c(C2(CCO)COC2)c1. The summed E-state index contributed by atoms with van der Waals surface area (Å²) in [7, 11) is 0. The zero-order valence-electron chi connectivity index (χ0n) is 9.42. The molecule has 0 saturated carbocycles. The Morgan fingerprint density at radius 2 is 2.07 bits per heavy atom. The Labute approximate surface area is 90.9 Å².